The summed E-state index contributed by atoms with van der Waals surface area (Å²) in [7, 11) is 1.32. The SMILES string of the molecule is COC(=O)c1cc(CO)nc(CCCc2ncc(C)n2Cc2ccc(F)cc2)c1. The Morgan fingerprint density at radius 3 is 2.59 bits per heavy atom. The average molecular weight is 397 g/mol. The van der Waals surface area contributed by atoms with Crippen LogP contribution in [-0.4, -0.2) is 32.7 Å². The zero-order valence-corrected chi connectivity index (χ0v) is 16.6. The molecule has 6 nitrogen and oxygen atoms in total. The molecule has 0 aliphatic rings. The van der Waals surface area contributed by atoms with Gasteiger partial charge in [0, 0.05) is 30.6 Å². The Bertz CT molecular complexity index is 983. The minimum Gasteiger partial charge on any atom is -0.465 e. The van der Waals surface area contributed by atoms with Gasteiger partial charge in [-0.05, 0) is 49.6 Å². The summed E-state index contributed by atoms with van der Waals surface area (Å²) in [4.78, 5) is 20.7. The molecule has 0 aliphatic carbocycles. The molecular weight excluding hydrogens is 373 g/mol. The van der Waals surface area contributed by atoms with Crippen LogP contribution in [0.1, 0.15) is 45.2 Å². The fourth-order valence-electron chi connectivity index (χ4n) is 3.22. The van der Waals surface area contributed by atoms with E-state index < -0.39 is 5.97 Å². The molecule has 0 saturated heterocycles. The molecular formula is C22H24FN3O3. The van der Waals surface area contributed by atoms with Gasteiger partial charge in [-0.15, -0.1) is 0 Å². The van der Waals surface area contributed by atoms with E-state index in [-0.39, 0.29) is 12.4 Å². The van der Waals surface area contributed by atoms with Gasteiger partial charge < -0.3 is 14.4 Å². The van der Waals surface area contributed by atoms with E-state index in [1.807, 2.05) is 13.1 Å². The molecule has 0 aliphatic heterocycles. The Morgan fingerprint density at radius 2 is 1.90 bits per heavy atom. The number of aromatic nitrogens is 3. The molecule has 0 spiro atoms. The van der Waals surface area contributed by atoms with Crippen molar-refractivity contribution in [2.24, 2.45) is 0 Å². The summed E-state index contributed by atoms with van der Waals surface area (Å²) in [5.74, 6) is 0.243. The molecule has 0 fully saturated rings. The summed E-state index contributed by atoms with van der Waals surface area (Å²) in [6.45, 7) is 2.39. The lowest BCUT2D eigenvalue weighted by Crippen LogP contribution is -2.09. The number of carbonyl (C=O) groups is 1. The van der Waals surface area contributed by atoms with Crippen molar-refractivity contribution in [2.45, 2.75) is 39.3 Å². The number of carbonyl (C=O) groups excluding carboxylic acids is 1. The third-order valence-corrected chi connectivity index (χ3v) is 4.74. The normalized spacial score (nSPS) is 10.9. The number of methoxy groups -OCH3 is 1. The van der Waals surface area contributed by atoms with Crippen LogP contribution in [0, 0.1) is 12.7 Å². The standard InChI is InChI=1S/C22H24FN3O3/c1-15-12-24-21(26(15)13-16-6-8-18(23)9-7-16)5-3-4-19-10-17(22(28)29-2)11-20(14-27)25-19/h6-12,27H,3-5,13-14H2,1-2H3. The Labute approximate surface area is 169 Å². The molecule has 29 heavy (non-hydrogen) atoms. The fourth-order valence-corrected chi connectivity index (χ4v) is 3.22. The van der Waals surface area contributed by atoms with Crippen molar-refractivity contribution in [3.8, 4) is 0 Å². The minimum atomic E-state index is -0.450. The predicted molar refractivity (Wildman–Crippen MR) is 106 cm³/mol. The number of hydrogen-bond donors (Lipinski definition) is 1. The maximum atomic E-state index is 13.1. The molecule has 0 amide bonds. The van der Waals surface area contributed by atoms with Gasteiger partial charge in [-0.2, -0.15) is 0 Å². The molecule has 3 aromatic rings. The van der Waals surface area contributed by atoms with Crippen LogP contribution in [0.25, 0.3) is 0 Å². The molecule has 2 heterocycles. The number of esters is 1. The number of nitrogens with zero attached hydrogens (tertiary/aromatic N) is 3. The largest absolute Gasteiger partial charge is 0.465 e. The molecule has 0 atom stereocenters. The number of ether oxygens (including phenoxy) is 1. The zero-order chi connectivity index (χ0) is 20.8. The summed E-state index contributed by atoms with van der Waals surface area (Å²) in [6.07, 6.45) is 3.98. The summed E-state index contributed by atoms with van der Waals surface area (Å²) in [5.41, 5.74) is 3.60. The smallest absolute Gasteiger partial charge is 0.337 e. The molecule has 0 bridgehead atoms. The highest BCUT2D eigenvalue weighted by atomic mass is 19.1. The second-order valence-electron chi connectivity index (χ2n) is 6.87. The van der Waals surface area contributed by atoms with Crippen LogP contribution in [0.15, 0.2) is 42.6 Å². The molecule has 7 heteroatoms. The van der Waals surface area contributed by atoms with Gasteiger partial charge in [-0.3, -0.25) is 4.98 Å². The lowest BCUT2D eigenvalue weighted by Gasteiger charge is -2.11. The maximum absolute atomic E-state index is 13.1. The van der Waals surface area contributed by atoms with E-state index in [1.54, 1.807) is 18.2 Å². The molecule has 152 valence electrons. The van der Waals surface area contributed by atoms with Crippen molar-refractivity contribution in [1.82, 2.24) is 14.5 Å². The molecule has 1 aromatic carbocycles. The number of hydrogen-bond acceptors (Lipinski definition) is 5. The van der Waals surface area contributed by atoms with E-state index in [0.29, 0.717) is 24.2 Å². The van der Waals surface area contributed by atoms with E-state index in [9.17, 15) is 14.3 Å². The van der Waals surface area contributed by atoms with E-state index in [2.05, 4.69) is 14.5 Å². The maximum Gasteiger partial charge on any atom is 0.337 e. The lowest BCUT2D eigenvalue weighted by atomic mass is 10.1. The first-order chi connectivity index (χ1) is 14.0. The van der Waals surface area contributed by atoms with Crippen LogP contribution in [0.2, 0.25) is 0 Å². The summed E-state index contributed by atoms with van der Waals surface area (Å²) in [5, 5.41) is 9.39. The van der Waals surface area contributed by atoms with E-state index in [4.69, 9.17) is 4.74 Å². The third kappa shape index (κ3) is 5.26. The lowest BCUT2D eigenvalue weighted by molar-refractivity contribution is 0.0600. The molecule has 0 unspecified atom stereocenters. The Kier molecular flexibility index (Phi) is 6.72. The van der Waals surface area contributed by atoms with Gasteiger partial charge >= 0.3 is 5.97 Å². The van der Waals surface area contributed by atoms with Gasteiger partial charge in [0.05, 0.1) is 25.0 Å². The molecule has 0 saturated carbocycles. The zero-order valence-electron chi connectivity index (χ0n) is 16.6. The van der Waals surface area contributed by atoms with Crippen molar-refractivity contribution >= 4 is 5.97 Å². The Hall–Kier alpha value is -3.06. The first kappa shape index (κ1) is 20.7. The third-order valence-electron chi connectivity index (χ3n) is 4.74. The number of imidazole rings is 1. The number of aliphatic hydroxyl groups is 1. The van der Waals surface area contributed by atoms with E-state index in [1.165, 1.54) is 25.3 Å². The number of aryl methyl sites for hydroxylation is 3. The average Bonchev–Trinajstić information content (AvgIpc) is 3.08. The van der Waals surface area contributed by atoms with Crippen LogP contribution in [0.5, 0.6) is 0 Å². The van der Waals surface area contributed by atoms with Gasteiger partial charge in [0.15, 0.2) is 0 Å². The number of benzene rings is 1. The Balaban J connectivity index is 1.68. The topological polar surface area (TPSA) is 77.2 Å². The van der Waals surface area contributed by atoms with Gasteiger partial charge in [0.1, 0.15) is 11.6 Å². The van der Waals surface area contributed by atoms with Gasteiger partial charge in [-0.1, -0.05) is 12.1 Å². The highest BCUT2D eigenvalue weighted by molar-refractivity contribution is 5.89. The van der Waals surface area contributed by atoms with Gasteiger partial charge in [0.2, 0.25) is 0 Å². The van der Waals surface area contributed by atoms with Crippen molar-refractivity contribution in [3.63, 3.8) is 0 Å². The van der Waals surface area contributed by atoms with Crippen LogP contribution < -0.4 is 0 Å². The van der Waals surface area contributed by atoms with Crippen molar-refractivity contribution in [1.29, 1.82) is 0 Å². The number of aliphatic hydroxyl groups excluding tert-OH is 1. The summed E-state index contributed by atoms with van der Waals surface area (Å²) in [6, 6.07) is 9.70. The highest BCUT2D eigenvalue weighted by Crippen LogP contribution is 2.15. The molecule has 3 rings (SSSR count). The summed E-state index contributed by atoms with van der Waals surface area (Å²) >= 11 is 0. The van der Waals surface area contributed by atoms with E-state index >= 15 is 0 Å². The molecule has 1 N–H and O–H groups in total. The first-order valence-corrected chi connectivity index (χ1v) is 9.44. The van der Waals surface area contributed by atoms with Crippen LogP contribution in [0.4, 0.5) is 4.39 Å². The van der Waals surface area contributed by atoms with Crippen molar-refractivity contribution in [3.05, 3.63) is 82.4 Å². The Morgan fingerprint density at radius 1 is 1.17 bits per heavy atom. The fraction of sp³-hybridized carbons (Fsp3) is 0.318. The molecule has 2 aromatic heterocycles. The monoisotopic (exact) mass is 397 g/mol. The molecule has 0 radical (unpaired) electrons. The summed E-state index contributed by atoms with van der Waals surface area (Å²) < 4.78 is 20.0. The van der Waals surface area contributed by atoms with Crippen LogP contribution >= 0.6 is 0 Å². The first-order valence-electron chi connectivity index (χ1n) is 9.44. The quantitative estimate of drug-likeness (QED) is 0.591. The number of rotatable bonds is 8. The number of halogens is 1. The van der Waals surface area contributed by atoms with Crippen LogP contribution in [-0.2, 0) is 30.7 Å². The van der Waals surface area contributed by atoms with E-state index in [0.717, 1.165) is 35.6 Å². The minimum absolute atomic E-state index is 0.237. The van der Waals surface area contributed by atoms with Crippen molar-refractivity contribution < 1.29 is 19.0 Å². The second kappa shape index (κ2) is 9.43. The van der Waals surface area contributed by atoms with Crippen LogP contribution in [0.3, 0.4) is 0 Å². The highest BCUT2D eigenvalue weighted by Gasteiger charge is 2.12. The van der Waals surface area contributed by atoms with Crippen molar-refractivity contribution in [2.75, 3.05) is 7.11 Å². The second-order valence-corrected chi connectivity index (χ2v) is 6.87. The predicted octanol–water partition coefficient (Wildman–Crippen LogP) is 3.23. The number of pyridine rings is 1. The van der Waals surface area contributed by atoms with Gasteiger partial charge in [-0.25, -0.2) is 14.2 Å². The van der Waals surface area contributed by atoms with Gasteiger partial charge in [0.25, 0.3) is 0 Å².